The van der Waals surface area contributed by atoms with E-state index in [1.165, 1.54) is 12.2 Å². The van der Waals surface area contributed by atoms with Gasteiger partial charge in [-0.25, -0.2) is 9.59 Å². The van der Waals surface area contributed by atoms with E-state index < -0.39 is 42.3 Å². The van der Waals surface area contributed by atoms with Crippen LogP contribution < -0.4 is 0 Å². The zero-order valence-electron chi connectivity index (χ0n) is 15.5. The summed E-state index contributed by atoms with van der Waals surface area (Å²) in [6, 6.07) is 0. The van der Waals surface area contributed by atoms with E-state index in [0.717, 1.165) is 0 Å². The molecule has 0 aromatic carbocycles. The minimum Gasteiger partial charge on any atom is -0.479 e. The van der Waals surface area contributed by atoms with E-state index >= 15 is 0 Å². The molecule has 1 N–H and O–H groups in total. The predicted octanol–water partition coefficient (Wildman–Crippen LogP) is 1.53. The summed E-state index contributed by atoms with van der Waals surface area (Å²) in [6.45, 7) is 8.31. The van der Waals surface area contributed by atoms with Crippen molar-refractivity contribution in [2.24, 2.45) is 5.92 Å². The van der Waals surface area contributed by atoms with Crippen LogP contribution in [-0.2, 0) is 28.6 Å². The third-order valence-electron chi connectivity index (χ3n) is 5.24. The molecule has 0 spiro atoms. The van der Waals surface area contributed by atoms with Crippen LogP contribution in [0.5, 0.6) is 0 Å². The Labute approximate surface area is 157 Å². The molecule has 0 aromatic heterocycles. The Bertz CT molecular complexity index is 816. The van der Waals surface area contributed by atoms with Crippen LogP contribution in [0.25, 0.3) is 0 Å². The Morgan fingerprint density at radius 2 is 2.19 bits per heavy atom. The van der Waals surface area contributed by atoms with Gasteiger partial charge in [-0.05, 0) is 26.8 Å². The number of hydrogen-bond acceptors (Lipinski definition) is 7. The van der Waals surface area contributed by atoms with Crippen molar-refractivity contribution in [2.75, 3.05) is 6.61 Å². The van der Waals surface area contributed by atoms with Gasteiger partial charge < -0.3 is 19.3 Å². The summed E-state index contributed by atoms with van der Waals surface area (Å²) in [6.07, 6.45) is 2.83. The highest BCUT2D eigenvalue weighted by Crippen LogP contribution is 2.42. The van der Waals surface area contributed by atoms with Crippen LogP contribution in [0.4, 0.5) is 0 Å². The van der Waals surface area contributed by atoms with Gasteiger partial charge in [-0.1, -0.05) is 12.7 Å². The van der Waals surface area contributed by atoms with Crippen LogP contribution in [0, 0.1) is 5.92 Å². The first-order chi connectivity index (χ1) is 12.7. The van der Waals surface area contributed by atoms with Gasteiger partial charge in [0.2, 0.25) is 5.78 Å². The lowest BCUT2D eigenvalue weighted by molar-refractivity contribution is -0.153. The van der Waals surface area contributed by atoms with Crippen molar-refractivity contribution >= 4 is 17.7 Å². The van der Waals surface area contributed by atoms with E-state index in [9.17, 15) is 19.5 Å². The van der Waals surface area contributed by atoms with E-state index in [1.807, 2.05) is 0 Å². The summed E-state index contributed by atoms with van der Waals surface area (Å²) in [5, 5.41) is 9.70. The molecule has 0 saturated carbocycles. The maximum atomic E-state index is 12.5. The molecule has 27 heavy (non-hydrogen) atoms. The van der Waals surface area contributed by atoms with Crippen molar-refractivity contribution in [3.05, 3.63) is 47.3 Å². The van der Waals surface area contributed by atoms with Gasteiger partial charge in [0, 0.05) is 29.2 Å². The molecule has 144 valence electrons. The van der Waals surface area contributed by atoms with E-state index in [0.29, 0.717) is 11.1 Å². The van der Waals surface area contributed by atoms with E-state index in [-0.39, 0.29) is 23.5 Å². The number of ether oxygens (including phenoxy) is 3. The second-order valence-corrected chi connectivity index (χ2v) is 7.10. The second-order valence-electron chi connectivity index (χ2n) is 7.10. The molecule has 3 heterocycles. The molecule has 0 aliphatic carbocycles. The lowest BCUT2D eigenvalue weighted by Crippen LogP contribution is -2.42. The molecule has 0 aromatic rings. The van der Waals surface area contributed by atoms with Crippen LogP contribution in [0.1, 0.15) is 27.2 Å². The second kappa shape index (κ2) is 6.81. The summed E-state index contributed by atoms with van der Waals surface area (Å²) < 4.78 is 16.8. The summed E-state index contributed by atoms with van der Waals surface area (Å²) in [5.74, 6) is -1.90. The van der Waals surface area contributed by atoms with E-state index in [4.69, 9.17) is 14.2 Å². The smallest absolute Gasteiger partial charge is 0.334 e. The Kier molecular flexibility index (Phi) is 4.82. The summed E-state index contributed by atoms with van der Waals surface area (Å²) in [4.78, 5) is 37.0. The van der Waals surface area contributed by atoms with Gasteiger partial charge in [-0.2, -0.15) is 0 Å². The summed E-state index contributed by atoms with van der Waals surface area (Å²) in [5.41, 5.74) is -0.385. The Balaban J connectivity index is 2.07. The molecule has 3 aliphatic rings. The number of esters is 2. The molecular weight excluding hydrogens is 352 g/mol. The molecule has 1 fully saturated rings. The molecule has 3 aliphatic heterocycles. The SMILES string of the molecule is C=C1C(=O)OC2/C=C(/CO)C3=CC(=O)[C@@](C)(C[C@H](OC(=O)/C(C)=C\C)C12)O3. The lowest BCUT2D eigenvalue weighted by Gasteiger charge is -2.31. The van der Waals surface area contributed by atoms with Crippen molar-refractivity contribution in [1.29, 1.82) is 0 Å². The zero-order valence-corrected chi connectivity index (χ0v) is 15.5. The quantitative estimate of drug-likeness (QED) is 0.591. The molecule has 2 bridgehead atoms. The number of hydrogen-bond donors (Lipinski definition) is 1. The third-order valence-corrected chi connectivity index (χ3v) is 5.24. The number of rotatable bonds is 3. The van der Waals surface area contributed by atoms with Gasteiger partial charge in [0.25, 0.3) is 0 Å². The molecule has 4 atom stereocenters. The molecule has 1 saturated heterocycles. The fourth-order valence-electron chi connectivity index (χ4n) is 3.46. The molecule has 2 unspecified atom stereocenters. The Hall–Kier alpha value is -2.67. The standard InChI is InChI=1S/C20H22O7/c1-5-10(2)18(23)26-15-8-20(4)16(22)7-13(27-20)12(9-21)6-14-17(15)11(3)19(24)25-14/h5-7,14-15,17,21H,3,8-9H2,1-2,4H3/b10-5-,12-6-/t14?,15-,17?,20+/m0/s1. The molecule has 0 amide bonds. The highest BCUT2D eigenvalue weighted by atomic mass is 16.6. The van der Waals surface area contributed by atoms with Crippen LogP contribution in [-0.4, -0.2) is 47.2 Å². The number of fused-ring (bicyclic) bond motifs is 3. The topological polar surface area (TPSA) is 99.1 Å². The zero-order chi connectivity index (χ0) is 19.9. The van der Waals surface area contributed by atoms with Gasteiger partial charge >= 0.3 is 11.9 Å². The fraction of sp³-hybridized carbons (Fsp3) is 0.450. The Morgan fingerprint density at radius 3 is 2.81 bits per heavy atom. The van der Waals surface area contributed by atoms with Gasteiger partial charge in [-0.3, -0.25) is 4.79 Å². The van der Waals surface area contributed by atoms with Crippen LogP contribution >= 0.6 is 0 Å². The van der Waals surface area contributed by atoms with Crippen LogP contribution in [0.2, 0.25) is 0 Å². The van der Waals surface area contributed by atoms with Crippen LogP contribution in [0.15, 0.2) is 47.3 Å². The number of aliphatic hydroxyl groups excluding tert-OH is 1. The largest absolute Gasteiger partial charge is 0.479 e. The Morgan fingerprint density at radius 1 is 1.48 bits per heavy atom. The van der Waals surface area contributed by atoms with Crippen molar-refractivity contribution < 1.29 is 33.7 Å². The first-order valence-electron chi connectivity index (χ1n) is 8.71. The van der Waals surface area contributed by atoms with E-state index in [1.54, 1.807) is 26.8 Å². The number of aliphatic hydroxyl groups is 1. The summed E-state index contributed by atoms with van der Waals surface area (Å²) >= 11 is 0. The van der Waals surface area contributed by atoms with Crippen LogP contribution in [0.3, 0.4) is 0 Å². The number of ketones is 1. The van der Waals surface area contributed by atoms with Gasteiger partial charge in [0.15, 0.2) is 5.60 Å². The molecule has 0 radical (unpaired) electrons. The predicted molar refractivity (Wildman–Crippen MR) is 94.2 cm³/mol. The highest BCUT2D eigenvalue weighted by molar-refractivity contribution is 6.00. The van der Waals surface area contributed by atoms with Gasteiger partial charge in [0.05, 0.1) is 12.5 Å². The van der Waals surface area contributed by atoms with Crippen molar-refractivity contribution in [1.82, 2.24) is 0 Å². The summed E-state index contributed by atoms with van der Waals surface area (Å²) in [7, 11) is 0. The normalized spacial score (nSPS) is 35.0. The van der Waals surface area contributed by atoms with Crippen molar-refractivity contribution in [2.45, 2.75) is 45.0 Å². The molecular formula is C20H22O7. The maximum absolute atomic E-state index is 12.5. The fourth-order valence-corrected chi connectivity index (χ4v) is 3.46. The number of carbonyl (C=O) groups excluding carboxylic acids is 3. The number of allylic oxidation sites excluding steroid dienone is 1. The third kappa shape index (κ3) is 3.23. The first-order valence-corrected chi connectivity index (χ1v) is 8.71. The van der Waals surface area contributed by atoms with Gasteiger partial charge in [-0.15, -0.1) is 0 Å². The average Bonchev–Trinajstić information content (AvgIpc) is 3.08. The molecule has 7 nitrogen and oxygen atoms in total. The van der Waals surface area contributed by atoms with Crippen molar-refractivity contribution in [3.8, 4) is 0 Å². The monoisotopic (exact) mass is 374 g/mol. The lowest BCUT2D eigenvalue weighted by atomic mass is 9.82. The average molecular weight is 374 g/mol. The molecule has 7 heteroatoms. The van der Waals surface area contributed by atoms with Gasteiger partial charge in [0.1, 0.15) is 18.0 Å². The van der Waals surface area contributed by atoms with Crippen molar-refractivity contribution in [3.63, 3.8) is 0 Å². The minimum atomic E-state index is -1.28. The minimum absolute atomic E-state index is 0.0257. The highest BCUT2D eigenvalue weighted by Gasteiger charge is 2.52. The molecule has 3 rings (SSSR count). The van der Waals surface area contributed by atoms with E-state index in [2.05, 4.69) is 6.58 Å². The maximum Gasteiger partial charge on any atom is 0.334 e. The number of carbonyl (C=O) groups is 3. The first kappa shape index (κ1) is 19.1.